The first-order chi connectivity index (χ1) is 9.97. The molecule has 1 amide bonds. The Labute approximate surface area is 131 Å². The SMILES string of the molecule is O=C(O)C1C(C(=O)Nc2ccc(Cl)c(Cl)c2)[C@H]2C=C[C@@H]1C2. The largest absolute Gasteiger partial charge is 0.481 e. The van der Waals surface area contributed by atoms with Crippen LogP contribution in [0.2, 0.25) is 10.0 Å². The molecule has 0 aromatic heterocycles. The van der Waals surface area contributed by atoms with Crippen molar-refractivity contribution in [3.05, 3.63) is 40.4 Å². The van der Waals surface area contributed by atoms with Gasteiger partial charge in [0.25, 0.3) is 0 Å². The number of fused-ring (bicyclic) bond motifs is 2. The van der Waals surface area contributed by atoms with Gasteiger partial charge in [0.1, 0.15) is 0 Å². The van der Waals surface area contributed by atoms with E-state index >= 15 is 0 Å². The highest BCUT2D eigenvalue weighted by molar-refractivity contribution is 6.42. The molecular formula is C15H13Cl2NO3. The van der Waals surface area contributed by atoms with Crippen molar-refractivity contribution in [1.29, 1.82) is 0 Å². The van der Waals surface area contributed by atoms with E-state index in [1.165, 1.54) is 0 Å². The van der Waals surface area contributed by atoms with Crippen LogP contribution in [0.5, 0.6) is 0 Å². The van der Waals surface area contributed by atoms with E-state index in [1.807, 2.05) is 12.2 Å². The number of benzene rings is 1. The quantitative estimate of drug-likeness (QED) is 0.836. The number of amides is 1. The van der Waals surface area contributed by atoms with E-state index in [-0.39, 0.29) is 17.7 Å². The molecule has 2 unspecified atom stereocenters. The number of aliphatic carboxylic acids is 1. The maximum absolute atomic E-state index is 12.4. The summed E-state index contributed by atoms with van der Waals surface area (Å²) in [6.07, 6.45) is 4.59. The fourth-order valence-corrected chi connectivity index (χ4v) is 3.61. The number of allylic oxidation sites excluding steroid dienone is 2. The normalized spacial score (nSPS) is 29.6. The molecule has 110 valence electrons. The summed E-state index contributed by atoms with van der Waals surface area (Å²) in [5.41, 5.74) is 0.519. The summed E-state index contributed by atoms with van der Waals surface area (Å²) in [7, 11) is 0. The molecule has 4 nitrogen and oxygen atoms in total. The van der Waals surface area contributed by atoms with Crippen molar-refractivity contribution in [2.24, 2.45) is 23.7 Å². The molecule has 2 N–H and O–H groups in total. The van der Waals surface area contributed by atoms with Gasteiger partial charge in [0.2, 0.25) is 5.91 Å². The van der Waals surface area contributed by atoms with Gasteiger partial charge in [-0.2, -0.15) is 0 Å². The van der Waals surface area contributed by atoms with Crippen molar-refractivity contribution in [2.45, 2.75) is 6.42 Å². The lowest BCUT2D eigenvalue weighted by Crippen LogP contribution is -2.36. The third kappa shape index (κ3) is 2.54. The highest BCUT2D eigenvalue weighted by Gasteiger charge is 2.51. The Balaban J connectivity index is 1.80. The molecule has 2 aliphatic rings. The molecule has 0 saturated heterocycles. The first-order valence-corrected chi connectivity index (χ1v) is 7.40. The van der Waals surface area contributed by atoms with Crippen LogP contribution >= 0.6 is 23.2 Å². The molecule has 21 heavy (non-hydrogen) atoms. The molecular weight excluding hydrogens is 313 g/mol. The van der Waals surface area contributed by atoms with Gasteiger partial charge < -0.3 is 10.4 Å². The average Bonchev–Trinajstić information content (AvgIpc) is 3.03. The summed E-state index contributed by atoms with van der Waals surface area (Å²) in [4.78, 5) is 23.8. The van der Waals surface area contributed by atoms with Crippen LogP contribution in [0.15, 0.2) is 30.4 Å². The standard InChI is InChI=1S/C15H13Cl2NO3/c16-10-4-3-9(6-11(10)17)18-14(19)12-7-1-2-8(5-7)13(12)15(20)21/h1-4,6-8,12-13H,5H2,(H,18,19)(H,20,21)/t7-,8+,12?,13?/m0/s1. The van der Waals surface area contributed by atoms with Crippen molar-refractivity contribution in [3.8, 4) is 0 Å². The Morgan fingerprint density at radius 2 is 1.76 bits per heavy atom. The molecule has 2 aliphatic carbocycles. The number of carbonyl (C=O) groups excluding carboxylic acids is 1. The van der Waals surface area contributed by atoms with Crippen LogP contribution in [0.3, 0.4) is 0 Å². The van der Waals surface area contributed by atoms with Gasteiger partial charge in [-0.15, -0.1) is 0 Å². The molecule has 6 heteroatoms. The summed E-state index contributed by atoms with van der Waals surface area (Å²) in [6, 6.07) is 4.79. The zero-order valence-electron chi connectivity index (χ0n) is 10.9. The highest BCUT2D eigenvalue weighted by Crippen LogP contribution is 2.48. The third-order valence-corrected chi connectivity index (χ3v) is 4.97. The Morgan fingerprint density at radius 1 is 1.10 bits per heavy atom. The summed E-state index contributed by atoms with van der Waals surface area (Å²) in [5, 5.41) is 12.8. The van der Waals surface area contributed by atoms with Crippen molar-refractivity contribution in [1.82, 2.24) is 0 Å². The topological polar surface area (TPSA) is 66.4 Å². The number of anilines is 1. The van der Waals surface area contributed by atoms with Crippen molar-refractivity contribution in [3.63, 3.8) is 0 Å². The predicted molar refractivity (Wildman–Crippen MR) is 80.4 cm³/mol. The van der Waals surface area contributed by atoms with Crippen LogP contribution in [-0.4, -0.2) is 17.0 Å². The molecule has 2 bridgehead atoms. The van der Waals surface area contributed by atoms with Gasteiger partial charge in [-0.25, -0.2) is 0 Å². The zero-order valence-corrected chi connectivity index (χ0v) is 12.4. The maximum atomic E-state index is 12.4. The van der Waals surface area contributed by atoms with Gasteiger partial charge in [0.15, 0.2) is 0 Å². The number of rotatable bonds is 3. The molecule has 1 aromatic rings. The lowest BCUT2D eigenvalue weighted by atomic mass is 9.82. The lowest BCUT2D eigenvalue weighted by Gasteiger charge is -2.23. The second-order valence-corrected chi connectivity index (χ2v) is 6.27. The maximum Gasteiger partial charge on any atom is 0.307 e. The fourth-order valence-electron chi connectivity index (χ4n) is 3.32. The fraction of sp³-hybridized carbons (Fsp3) is 0.333. The molecule has 0 spiro atoms. The van der Waals surface area contributed by atoms with Gasteiger partial charge in [0, 0.05) is 5.69 Å². The van der Waals surface area contributed by atoms with Crippen molar-refractivity contribution >= 4 is 40.8 Å². The van der Waals surface area contributed by atoms with Gasteiger partial charge in [-0.05, 0) is 36.5 Å². The molecule has 1 saturated carbocycles. The number of halogens is 2. The van der Waals surface area contributed by atoms with Gasteiger partial charge in [0.05, 0.1) is 21.9 Å². The summed E-state index contributed by atoms with van der Waals surface area (Å²) < 4.78 is 0. The van der Waals surface area contributed by atoms with Gasteiger partial charge in [-0.3, -0.25) is 9.59 Å². The van der Waals surface area contributed by atoms with Crippen LogP contribution in [0, 0.1) is 23.7 Å². The Morgan fingerprint density at radius 3 is 2.38 bits per heavy atom. The first kappa shape index (κ1) is 14.4. The molecule has 0 radical (unpaired) electrons. The second-order valence-electron chi connectivity index (χ2n) is 5.46. The number of hydrogen-bond acceptors (Lipinski definition) is 2. The third-order valence-electron chi connectivity index (χ3n) is 4.23. The zero-order chi connectivity index (χ0) is 15.1. The molecule has 3 rings (SSSR count). The summed E-state index contributed by atoms with van der Waals surface area (Å²) in [6.45, 7) is 0. The molecule has 4 atom stereocenters. The molecule has 0 aliphatic heterocycles. The predicted octanol–water partition coefficient (Wildman–Crippen LogP) is 3.45. The number of carboxylic acids is 1. The van der Waals surface area contributed by atoms with E-state index in [2.05, 4.69) is 5.32 Å². The Hall–Kier alpha value is -1.52. The van der Waals surface area contributed by atoms with Crippen LogP contribution in [0.4, 0.5) is 5.69 Å². The van der Waals surface area contributed by atoms with E-state index in [4.69, 9.17) is 23.2 Å². The lowest BCUT2D eigenvalue weighted by molar-refractivity contribution is -0.146. The highest BCUT2D eigenvalue weighted by atomic mass is 35.5. The monoisotopic (exact) mass is 325 g/mol. The minimum absolute atomic E-state index is 0.00104. The number of hydrogen-bond donors (Lipinski definition) is 2. The van der Waals surface area contributed by atoms with E-state index in [9.17, 15) is 14.7 Å². The van der Waals surface area contributed by atoms with E-state index in [0.29, 0.717) is 15.7 Å². The summed E-state index contributed by atoms with van der Waals surface area (Å²) in [5.74, 6) is -2.43. The van der Waals surface area contributed by atoms with Gasteiger partial charge in [-0.1, -0.05) is 35.4 Å². The first-order valence-electron chi connectivity index (χ1n) is 6.64. The summed E-state index contributed by atoms with van der Waals surface area (Å²) >= 11 is 11.7. The van der Waals surface area contributed by atoms with Crippen LogP contribution in [-0.2, 0) is 9.59 Å². The van der Waals surface area contributed by atoms with Crippen LogP contribution in [0.1, 0.15) is 6.42 Å². The average molecular weight is 326 g/mol. The Kier molecular flexibility index (Phi) is 3.68. The van der Waals surface area contributed by atoms with E-state index in [0.717, 1.165) is 6.42 Å². The number of nitrogens with one attached hydrogen (secondary N) is 1. The van der Waals surface area contributed by atoms with Crippen LogP contribution in [0.25, 0.3) is 0 Å². The smallest absolute Gasteiger partial charge is 0.307 e. The van der Waals surface area contributed by atoms with Crippen molar-refractivity contribution in [2.75, 3.05) is 5.32 Å². The number of carbonyl (C=O) groups is 2. The minimum atomic E-state index is -0.916. The van der Waals surface area contributed by atoms with E-state index in [1.54, 1.807) is 18.2 Å². The Bertz CT molecular complexity index is 644. The van der Waals surface area contributed by atoms with Crippen molar-refractivity contribution < 1.29 is 14.7 Å². The minimum Gasteiger partial charge on any atom is -0.481 e. The number of carboxylic acid groups (broad SMARTS) is 1. The van der Waals surface area contributed by atoms with E-state index < -0.39 is 17.8 Å². The molecule has 1 fully saturated rings. The van der Waals surface area contributed by atoms with Gasteiger partial charge >= 0.3 is 5.97 Å². The second kappa shape index (κ2) is 5.35. The molecule has 1 aromatic carbocycles. The molecule has 0 heterocycles. The van der Waals surface area contributed by atoms with Crippen LogP contribution < -0.4 is 5.32 Å².